The largest absolute Gasteiger partial charge is 0.508 e. The van der Waals surface area contributed by atoms with E-state index >= 15 is 0 Å². The number of halogens is 1. The fraction of sp³-hybridized carbons (Fsp3) is 0.300. The van der Waals surface area contributed by atoms with Crippen molar-refractivity contribution in [3.05, 3.63) is 29.8 Å². The number of carbonyl (C=O) groups excluding carboxylic acids is 1. The second-order valence-corrected chi connectivity index (χ2v) is 2.82. The van der Waals surface area contributed by atoms with Crippen molar-refractivity contribution in [1.29, 1.82) is 0 Å². The fourth-order valence-electron chi connectivity index (χ4n) is 1.09. The van der Waals surface area contributed by atoms with Gasteiger partial charge in [0.1, 0.15) is 5.75 Å². The van der Waals surface area contributed by atoms with E-state index in [9.17, 15) is 14.3 Å². The Morgan fingerprint density at radius 1 is 1.57 bits per heavy atom. The molecule has 1 unspecified atom stereocenters. The highest BCUT2D eigenvalue weighted by Crippen LogP contribution is 2.18. The zero-order valence-corrected chi connectivity index (χ0v) is 7.74. The van der Waals surface area contributed by atoms with Crippen LogP contribution >= 0.6 is 0 Å². The fourth-order valence-corrected chi connectivity index (χ4v) is 1.09. The average Bonchev–Trinajstić information content (AvgIpc) is 2.20. The highest BCUT2D eigenvalue weighted by Gasteiger charge is 2.19. The number of rotatable bonds is 3. The molecule has 0 radical (unpaired) electrons. The maximum Gasteiger partial charge on any atom is 0.340 e. The summed E-state index contributed by atoms with van der Waals surface area (Å²) in [6.45, 7) is 0. The third-order valence-electron chi connectivity index (χ3n) is 1.85. The predicted octanol–water partition coefficient (Wildman–Crippen LogP) is 1.45. The number of benzene rings is 1. The molecule has 0 amide bonds. The number of alkyl halides is 1. The van der Waals surface area contributed by atoms with Crippen LogP contribution in [-0.4, -0.2) is 24.4 Å². The number of phenolic OH excluding ortho intramolecular Hbond substituents is 1. The van der Waals surface area contributed by atoms with Crippen molar-refractivity contribution in [3.8, 4) is 5.75 Å². The van der Waals surface area contributed by atoms with Crippen molar-refractivity contribution >= 4 is 5.97 Å². The second-order valence-electron chi connectivity index (χ2n) is 2.82. The summed E-state index contributed by atoms with van der Waals surface area (Å²) in [7, 11) is 1.12. The number of phenols is 1. The molecule has 3 nitrogen and oxygen atoms in total. The zero-order chi connectivity index (χ0) is 10.6. The smallest absolute Gasteiger partial charge is 0.340 e. The summed E-state index contributed by atoms with van der Waals surface area (Å²) in [4.78, 5) is 10.7. The van der Waals surface area contributed by atoms with Crippen LogP contribution in [0.15, 0.2) is 24.3 Å². The Balaban J connectivity index is 2.69. The lowest BCUT2D eigenvalue weighted by Gasteiger charge is -2.07. The first kappa shape index (κ1) is 10.5. The molecule has 0 aliphatic carbocycles. The first-order valence-corrected chi connectivity index (χ1v) is 4.14. The van der Waals surface area contributed by atoms with Crippen molar-refractivity contribution in [2.75, 3.05) is 7.11 Å². The van der Waals surface area contributed by atoms with Crippen molar-refractivity contribution in [2.45, 2.75) is 12.6 Å². The zero-order valence-electron chi connectivity index (χ0n) is 7.74. The van der Waals surface area contributed by atoms with Gasteiger partial charge in [-0.3, -0.25) is 0 Å². The van der Waals surface area contributed by atoms with Crippen LogP contribution in [0.2, 0.25) is 0 Å². The van der Waals surface area contributed by atoms with E-state index in [1.54, 1.807) is 18.2 Å². The quantitative estimate of drug-likeness (QED) is 0.747. The Labute approximate surface area is 81.1 Å². The summed E-state index contributed by atoms with van der Waals surface area (Å²) in [5.74, 6) is -0.938. The Morgan fingerprint density at radius 2 is 2.21 bits per heavy atom. The van der Waals surface area contributed by atoms with Gasteiger partial charge in [0.2, 0.25) is 6.17 Å². The summed E-state index contributed by atoms with van der Waals surface area (Å²) in [6, 6.07) is 6.30. The normalized spacial score (nSPS) is 12.1. The minimum Gasteiger partial charge on any atom is -0.508 e. The minimum absolute atomic E-state index is 0.0148. The lowest BCUT2D eigenvalue weighted by atomic mass is 10.1. The number of hydrogen-bond acceptors (Lipinski definition) is 3. The van der Waals surface area contributed by atoms with Crippen LogP contribution in [0.4, 0.5) is 4.39 Å². The molecule has 0 bridgehead atoms. The Bertz CT molecular complexity index is 325. The van der Waals surface area contributed by atoms with Crippen molar-refractivity contribution < 1.29 is 19.0 Å². The highest BCUT2D eigenvalue weighted by atomic mass is 19.1. The third-order valence-corrected chi connectivity index (χ3v) is 1.85. The van der Waals surface area contributed by atoms with Gasteiger partial charge in [-0.15, -0.1) is 0 Å². The highest BCUT2D eigenvalue weighted by molar-refractivity contribution is 5.74. The molecule has 0 spiro atoms. The Kier molecular flexibility index (Phi) is 3.45. The third kappa shape index (κ3) is 2.45. The summed E-state index contributed by atoms with van der Waals surface area (Å²) in [5.41, 5.74) is 0.394. The molecule has 1 atom stereocenters. The lowest BCUT2D eigenvalue weighted by Crippen LogP contribution is -2.19. The molecule has 1 aromatic rings. The summed E-state index contributed by atoms with van der Waals surface area (Å²) >= 11 is 0. The molecule has 0 aliphatic heterocycles. The van der Waals surface area contributed by atoms with Gasteiger partial charge in [0.05, 0.1) is 7.11 Å². The lowest BCUT2D eigenvalue weighted by molar-refractivity contribution is -0.146. The maximum absolute atomic E-state index is 13.1. The number of para-hydroxylation sites is 1. The van der Waals surface area contributed by atoms with Gasteiger partial charge in [0, 0.05) is 6.42 Å². The Hall–Kier alpha value is -1.58. The van der Waals surface area contributed by atoms with E-state index < -0.39 is 12.1 Å². The Morgan fingerprint density at radius 3 is 2.79 bits per heavy atom. The number of methoxy groups -OCH3 is 1. The monoisotopic (exact) mass is 198 g/mol. The van der Waals surface area contributed by atoms with Crippen LogP contribution in [0.3, 0.4) is 0 Å². The molecule has 0 aromatic heterocycles. The molecule has 4 heteroatoms. The van der Waals surface area contributed by atoms with Crippen LogP contribution in [0.1, 0.15) is 5.56 Å². The van der Waals surface area contributed by atoms with E-state index in [2.05, 4.69) is 4.74 Å². The molecular weight excluding hydrogens is 187 g/mol. The number of hydrogen-bond donors (Lipinski definition) is 1. The molecule has 0 saturated heterocycles. The van der Waals surface area contributed by atoms with Crippen molar-refractivity contribution in [1.82, 2.24) is 0 Å². The SMILES string of the molecule is COC(=O)C(F)Cc1ccccc1O. The first-order chi connectivity index (χ1) is 6.65. The number of carbonyl (C=O) groups is 1. The van der Waals surface area contributed by atoms with Crippen LogP contribution in [0.5, 0.6) is 5.75 Å². The van der Waals surface area contributed by atoms with Gasteiger partial charge in [-0.25, -0.2) is 9.18 Å². The molecule has 14 heavy (non-hydrogen) atoms. The minimum atomic E-state index is -1.73. The number of ether oxygens (including phenoxy) is 1. The molecule has 1 aromatic carbocycles. The van der Waals surface area contributed by atoms with Crippen LogP contribution in [0.25, 0.3) is 0 Å². The first-order valence-electron chi connectivity index (χ1n) is 4.14. The molecule has 0 aliphatic rings. The molecule has 0 saturated carbocycles. The van der Waals surface area contributed by atoms with E-state index in [0.717, 1.165) is 7.11 Å². The van der Waals surface area contributed by atoms with E-state index in [0.29, 0.717) is 5.56 Å². The van der Waals surface area contributed by atoms with E-state index in [1.807, 2.05) is 0 Å². The average molecular weight is 198 g/mol. The van der Waals surface area contributed by atoms with Crippen LogP contribution < -0.4 is 0 Å². The molecular formula is C10H11FO3. The summed E-state index contributed by atoms with van der Waals surface area (Å²) in [6.07, 6.45) is -1.90. The van der Waals surface area contributed by atoms with Crippen molar-refractivity contribution in [3.63, 3.8) is 0 Å². The van der Waals surface area contributed by atoms with Gasteiger partial charge in [0.25, 0.3) is 0 Å². The van der Waals surface area contributed by atoms with E-state index in [1.165, 1.54) is 6.07 Å². The standard InChI is InChI=1S/C10H11FO3/c1-14-10(13)8(11)6-7-4-2-3-5-9(7)12/h2-5,8,12H,6H2,1H3. The van der Waals surface area contributed by atoms with Crippen LogP contribution in [-0.2, 0) is 16.0 Å². The van der Waals surface area contributed by atoms with Gasteiger partial charge in [-0.1, -0.05) is 18.2 Å². The summed E-state index contributed by atoms with van der Waals surface area (Å²) < 4.78 is 17.3. The van der Waals surface area contributed by atoms with E-state index in [-0.39, 0.29) is 12.2 Å². The van der Waals surface area contributed by atoms with Gasteiger partial charge < -0.3 is 9.84 Å². The number of esters is 1. The number of aromatic hydroxyl groups is 1. The maximum atomic E-state index is 13.1. The van der Waals surface area contributed by atoms with Crippen molar-refractivity contribution in [2.24, 2.45) is 0 Å². The molecule has 0 fully saturated rings. The van der Waals surface area contributed by atoms with E-state index in [4.69, 9.17) is 0 Å². The molecule has 1 N–H and O–H groups in total. The van der Waals surface area contributed by atoms with Gasteiger partial charge in [0.15, 0.2) is 0 Å². The van der Waals surface area contributed by atoms with Crippen LogP contribution in [0, 0.1) is 0 Å². The predicted molar refractivity (Wildman–Crippen MR) is 48.7 cm³/mol. The molecule has 1 rings (SSSR count). The summed E-state index contributed by atoms with van der Waals surface area (Å²) in [5, 5.41) is 9.30. The molecule has 0 heterocycles. The van der Waals surface area contributed by atoms with Gasteiger partial charge in [-0.2, -0.15) is 0 Å². The topological polar surface area (TPSA) is 46.5 Å². The van der Waals surface area contributed by atoms with Gasteiger partial charge in [-0.05, 0) is 11.6 Å². The molecule has 76 valence electrons. The van der Waals surface area contributed by atoms with Gasteiger partial charge >= 0.3 is 5.97 Å². The second kappa shape index (κ2) is 4.60.